The molecule has 96 valence electrons. The molecule has 1 aromatic rings. The topological polar surface area (TPSA) is 64.7 Å². The van der Waals surface area contributed by atoms with E-state index in [2.05, 4.69) is 0 Å². The van der Waals surface area contributed by atoms with Gasteiger partial charge < -0.3 is 20.3 Å². The highest BCUT2D eigenvalue weighted by Gasteiger charge is 2.09. The summed E-state index contributed by atoms with van der Waals surface area (Å²) < 4.78 is 10.5. The molecule has 0 heterocycles. The fourth-order valence-corrected chi connectivity index (χ4v) is 1.81. The van der Waals surface area contributed by atoms with Crippen LogP contribution >= 0.6 is 0 Å². The van der Waals surface area contributed by atoms with E-state index < -0.39 is 6.10 Å². The van der Waals surface area contributed by atoms with Crippen molar-refractivity contribution in [3.8, 4) is 5.75 Å². The molecule has 0 amide bonds. The third kappa shape index (κ3) is 4.00. The number of hydrogen-bond acceptors (Lipinski definition) is 4. The Morgan fingerprint density at radius 3 is 2.29 bits per heavy atom. The summed E-state index contributed by atoms with van der Waals surface area (Å²) in [5.74, 6) is 0.817. The van der Waals surface area contributed by atoms with Gasteiger partial charge in [0, 0.05) is 13.7 Å². The Balaban J connectivity index is 2.71. The molecule has 3 N–H and O–H groups in total. The molecule has 1 rings (SSSR count). The Morgan fingerprint density at radius 1 is 1.24 bits per heavy atom. The van der Waals surface area contributed by atoms with Gasteiger partial charge in [0.15, 0.2) is 0 Å². The molecule has 1 unspecified atom stereocenters. The van der Waals surface area contributed by atoms with E-state index in [0.717, 1.165) is 22.4 Å². The number of nitrogens with two attached hydrogens (primary N) is 1. The minimum Gasteiger partial charge on any atom is -0.490 e. The molecule has 0 aliphatic carbocycles. The average Bonchev–Trinajstić information content (AvgIpc) is 2.28. The number of aliphatic hydroxyl groups excluding tert-OH is 1. The molecule has 1 atom stereocenters. The van der Waals surface area contributed by atoms with Gasteiger partial charge in [-0.15, -0.1) is 0 Å². The van der Waals surface area contributed by atoms with Gasteiger partial charge in [0.2, 0.25) is 0 Å². The number of hydrogen-bond donors (Lipinski definition) is 2. The Labute approximate surface area is 102 Å². The molecule has 4 nitrogen and oxygen atoms in total. The van der Waals surface area contributed by atoms with Gasteiger partial charge in [0.25, 0.3) is 0 Å². The van der Waals surface area contributed by atoms with Crippen molar-refractivity contribution >= 4 is 0 Å². The highest BCUT2D eigenvalue weighted by molar-refractivity contribution is 5.43. The van der Waals surface area contributed by atoms with Gasteiger partial charge in [-0.2, -0.15) is 0 Å². The zero-order valence-corrected chi connectivity index (χ0v) is 10.7. The Kier molecular flexibility index (Phi) is 5.41. The lowest BCUT2D eigenvalue weighted by atomic mass is 10.1. The zero-order valence-electron chi connectivity index (χ0n) is 10.7. The van der Waals surface area contributed by atoms with Crippen molar-refractivity contribution in [2.75, 3.05) is 20.3 Å². The largest absolute Gasteiger partial charge is 0.490 e. The van der Waals surface area contributed by atoms with Gasteiger partial charge in [-0.05, 0) is 30.5 Å². The predicted molar refractivity (Wildman–Crippen MR) is 67.2 cm³/mol. The Morgan fingerprint density at radius 2 is 1.82 bits per heavy atom. The number of benzene rings is 1. The fraction of sp³-hybridized carbons (Fsp3) is 0.538. The summed E-state index contributed by atoms with van der Waals surface area (Å²) in [7, 11) is 1.55. The van der Waals surface area contributed by atoms with Crippen LogP contribution < -0.4 is 10.5 Å². The van der Waals surface area contributed by atoms with Crippen LogP contribution in [0.5, 0.6) is 5.75 Å². The smallest absolute Gasteiger partial charge is 0.125 e. The van der Waals surface area contributed by atoms with Crippen molar-refractivity contribution in [3.05, 3.63) is 28.8 Å². The maximum Gasteiger partial charge on any atom is 0.125 e. The standard InChI is InChI=1S/C13H21NO3/c1-9-4-11(6-14)5-10(2)13(9)17-8-12(15)7-16-3/h4-5,12,15H,6-8,14H2,1-3H3. The highest BCUT2D eigenvalue weighted by atomic mass is 16.5. The van der Waals surface area contributed by atoms with E-state index in [-0.39, 0.29) is 13.2 Å². The Bertz CT molecular complexity index is 343. The van der Waals surface area contributed by atoms with Crippen LogP contribution in [0.25, 0.3) is 0 Å². The first-order chi connectivity index (χ1) is 8.08. The molecule has 0 aliphatic heterocycles. The van der Waals surface area contributed by atoms with E-state index in [4.69, 9.17) is 15.2 Å². The number of aliphatic hydroxyl groups is 1. The summed E-state index contributed by atoms with van der Waals surface area (Å²) in [6, 6.07) is 4.01. The third-order valence-electron chi connectivity index (χ3n) is 2.53. The van der Waals surface area contributed by atoms with Crippen LogP contribution in [-0.2, 0) is 11.3 Å². The summed E-state index contributed by atoms with van der Waals surface area (Å²) in [5.41, 5.74) is 8.76. The number of rotatable bonds is 6. The third-order valence-corrected chi connectivity index (χ3v) is 2.53. The molecule has 0 radical (unpaired) electrons. The normalized spacial score (nSPS) is 12.5. The summed E-state index contributed by atoms with van der Waals surface area (Å²) in [4.78, 5) is 0. The van der Waals surface area contributed by atoms with Crippen molar-refractivity contribution in [3.63, 3.8) is 0 Å². The first kappa shape index (κ1) is 14.0. The molecule has 0 aromatic heterocycles. The molecule has 0 spiro atoms. The minimum absolute atomic E-state index is 0.234. The second-order valence-corrected chi connectivity index (χ2v) is 4.18. The molecule has 0 saturated carbocycles. The zero-order chi connectivity index (χ0) is 12.8. The van der Waals surface area contributed by atoms with Crippen LogP contribution in [0.15, 0.2) is 12.1 Å². The Hall–Kier alpha value is -1.10. The quantitative estimate of drug-likeness (QED) is 0.781. The summed E-state index contributed by atoms with van der Waals surface area (Å²) in [6.07, 6.45) is -0.604. The minimum atomic E-state index is -0.604. The molecule has 0 fully saturated rings. The van der Waals surface area contributed by atoms with Crippen LogP contribution in [-0.4, -0.2) is 31.5 Å². The fourth-order valence-electron chi connectivity index (χ4n) is 1.81. The first-order valence-corrected chi connectivity index (χ1v) is 5.68. The predicted octanol–water partition coefficient (Wildman–Crippen LogP) is 1.15. The number of ether oxygens (including phenoxy) is 2. The van der Waals surface area contributed by atoms with Gasteiger partial charge in [0.05, 0.1) is 6.61 Å². The maximum absolute atomic E-state index is 9.52. The lowest BCUT2D eigenvalue weighted by molar-refractivity contribution is 0.0322. The summed E-state index contributed by atoms with van der Waals surface area (Å²) in [6.45, 7) is 4.99. The van der Waals surface area contributed by atoms with E-state index in [0.29, 0.717) is 6.54 Å². The van der Waals surface area contributed by atoms with Gasteiger partial charge in [-0.25, -0.2) is 0 Å². The summed E-state index contributed by atoms with van der Waals surface area (Å²) >= 11 is 0. The van der Waals surface area contributed by atoms with Crippen LogP contribution in [0.2, 0.25) is 0 Å². The van der Waals surface area contributed by atoms with Crippen molar-refractivity contribution in [1.82, 2.24) is 0 Å². The molecule has 1 aromatic carbocycles. The van der Waals surface area contributed by atoms with Gasteiger partial charge >= 0.3 is 0 Å². The van der Waals surface area contributed by atoms with Crippen molar-refractivity contribution in [1.29, 1.82) is 0 Å². The van der Waals surface area contributed by atoms with Crippen LogP contribution in [0.4, 0.5) is 0 Å². The van der Waals surface area contributed by atoms with Crippen molar-refractivity contribution in [2.24, 2.45) is 5.73 Å². The molecular weight excluding hydrogens is 218 g/mol. The second-order valence-electron chi connectivity index (χ2n) is 4.18. The molecule has 17 heavy (non-hydrogen) atoms. The van der Waals surface area contributed by atoms with Crippen LogP contribution in [0.3, 0.4) is 0 Å². The van der Waals surface area contributed by atoms with Crippen LogP contribution in [0.1, 0.15) is 16.7 Å². The number of methoxy groups -OCH3 is 1. The average molecular weight is 239 g/mol. The molecule has 0 bridgehead atoms. The molecule has 0 saturated heterocycles. The first-order valence-electron chi connectivity index (χ1n) is 5.68. The van der Waals surface area contributed by atoms with Gasteiger partial charge in [-0.3, -0.25) is 0 Å². The van der Waals surface area contributed by atoms with Crippen molar-refractivity contribution < 1.29 is 14.6 Å². The second kappa shape index (κ2) is 6.59. The van der Waals surface area contributed by atoms with Crippen molar-refractivity contribution in [2.45, 2.75) is 26.5 Å². The van der Waals surface area contributed by atoms with E-state index >= 15 is 0 Å². The maximum atomic E-state index is 9.52. The SMILES string of the molecule is COCC(O)COc1c(C)cc(CN)cc1C. The van der Waals surface area contributed by atoms with E-state index in [1.807, 2.05) is 26.0 Å². The molecule has 4 heteroatoms. The van der Waals surface area contributed by atoms with Gasteiger partial charge in [0.1, 0.15) is 18.5 Å². The van der Waals surface area contributed by atoms with Crippen LogP contribution in [0, 0.1) is 13.8 Å². The van der Waals surface area contributed by atoms with Gasteiger partial charge in [-0.1, -0.05) is 12.1 Å². The molecule has 0 aliphatic rings. The van der Waals surface area contributed by atoms with E-state index in [9.17, 15) is 5.11 Å². The summed E-state index contributed by atoms with van der Waals surface area (Å²) in [5, 5.41) is 9.52. The highest BCUT2D eigenvalue weighted by Crippen LogP contribution is 2.24. The monoisotopic (exact) mass is 239 g/mol. The lowest BCUT2D eigenvalue weighted by Gasteiger charge is -2.16. The lowest BCUT2D eigenvalue weighted by Crippen LogP contribution is -2.23. The van der Waals surface area contributed by atoms with E-state index in [1.54, 1.807) is 7.11 Å². The van der Waals surface area contributed by atoms with E-state index in [1.165, 1.54) is 0 Å². The molecular formula is C13H21NO3. The number of aryl methyl sites for hydroxylation is 2.